The zero-order chi connectivity index (χ0) is 13.7. The molecule has 0 radical (unpaired) electrons. The molecule has 0 bridgehead atoms. The molecule has 0 aromatic heterocycles. The van der Waals surface area contributed by atoms with Gasteiger partial charge in [-0.25, -0.2) is 0 Å². The summed E-state index contributed by atoms with van der Waals surface area (Å²) < 4.78 is 10.9. The highest BCUT2D eigenvalue weighted by Crippen LogP contribution is 2.19. The van der Waals surface area contributed by atoms with E-state index in [9.17, 15) is 4.79 Å². The van der Waals surface area contributed by atoms with Gasteiger partial charge < -0.3 is 20.5 Å². The van der Waals surface area contributed by atoms with Crippen molar-refractivity contribution in [3.05, 3.63) is 24.3 Å². The van der Waals surface area contributed by atoms with Gasteiger partial charge in [0.05, 0.1) is 30.9 Å². The van der Waals surface area contributed by atoms with Gasteiger partial charge in [0.15, 0.2) is 0 Å². The van der Waals surface area contributed by atoms with Crippen molar-refractivity contribution in [3.8, 4) is 5.75 Å². The Morgan fingerprint density at radius 1 is 1.53 bits per heavy atom. The summed E-state index contributed by atoms with van der Waals surface area (Å²) in [6, 6.07) is 7.38. The lowest BCUT2D eigenvalue weighted by molar-refractivity contribution is -0.122. The number of nitrogen functional groups attached to an aromatic ring is 1. The van der Waals surface area contributed by atoms with Gasteiger partial charge in [-0.15, -0.1) is 0 Å². The molecule has 1 aliphatic heterocycles. The summed E-state index contributed by atoms with van der Waals surface area (Å²) in [6.45, 7) is 3.00. The van der Waals surface area contributed by atoms with E-state index in [2.05, 4.69) is 5.32 Å². The van der Waals surface area contributed by atoms with Crippen LogP contribution >= 0.6 is 0 Å². The van der Waals surface area contributed by atoms with Gasteiger partial charge in [0.2, 0.25) is 5.91 Å². The molecule has 1 amide bonds. The minimum atomic E-state index is -0.0168. The molecule has 1 fully saturated rings. The van der Waals surface area contributed by atoms with Crippen LogP contribution in [0.4, 0.5) is 5.69 Å². The quantitative estimate of drug-likeness (QED) is 0.787. The molecular weight excluding hydrogens is 244 g/mol. The third-order valence-corrected chi connectivity index (χ3v) is 3.23. The standard InChI is InChI=1S/C14H20N2O3/c1-10-12(6-8-18-10)16-14(17)7-9-19-13-5-3-2-4-11(13)15/h2-5,10,12H,6-9,15H2,1H3,(H,16,17). The lowest BCUT2D eigenvalue weighted by Gasteiger charge is -2.16. The minimum absolute atomic E-state index is 0.0168. The highest BCUT2D eigenvalue weighted by atomic mass is 16.5. The maximum absolute atomic E-state index is 11.7. The Balaban J connectivity index is 1.71. The zero-order valence-electron chi connectivity index (χ0n) is 11.1. The molecule has 1 aliphatic rings. The average Bonchev–Trinajstić information content (AvgIpc) is 2.77. The van der Waals surface area contributed by atoms with Gasteiger partial charge in [-0.2, -0.15) is 0 Å². The van der Waals surface area contributed by atoms with E-state index in [0.29, 0.717) is 31.1 Å². The fourth-order valence-corrected chi connectivity index (χ4v) is 2.07. The zero-order valence-corrected chi connectivity index (χ0v) is 11.1. The molecule has 2 unspecified atom stereocenters. The van der Waals surface area contributed by atoms with E-state index in [1.807, 2.05) is 19.1 Å². The molecule has 2 atom stereocenters. The summed E-state index contributed by atoms with van der Waals surface area (Å²) in [7, 11) is 0. The van der Waals surface area contributed by atoms with E-state index in [1.165, 1.54) is 0 Å². The fraction of sp³-hybridized carbons (Fsp3) is 0.500. The molecular formula is C14H20N2O3. The predicted octanol–water partition coefficient (Wildman–Crippen LogP) is 1.33. The summed E-state index contributed by atoms with van der Waals surface area (Å²) in [4.78, 5) is 11.7. The van der Waals surface area contributed by atoms with Crippen molar-refractivity contribution < 1.29 is 14.3 Å². The molecule has 1 aromatic rings. The molecule has 3 N–H and O–H groups in total. The average molecular weight is 264 g/mol. The number of ether oxygens (including phenoxy) is 2. The number of hydrogen-bond acceptors (Lipinski definition) is 4. The van der Waals surface area contributed by atoms with E-state index in [-0.39, 0.29) is 18.1 Å². The Labute approximate surface area is 113 Å². The van der Waals surface area contributed by atoms with Crippen molar-refractivity contribution in [1.82, 2.24) is 5.32 Å². The van der Waals surface area contributed by atoms with Crippen LogP contribution in [0.1, 0.15) is 19.8 Å². The first-order valence-electron chi connectivity index (χ1n) is 6.55. The van der Waals surface area contributed by atoms with Gasteiger partial charge >= 0.3 is 0 Å². The van der Waals surface area contributed by atoms with Crippen LogP contribution in [0.2, 0.25) is 0 Å². The summed E-state index contributed by atoms with van der Waals surface area (Å²) in [5.74, 6) is 0.602. The Bertz CT molecular complexity index is 436. The number of carbonyl (C=O) groups is 1. The van der Waals surface area contributed by atoms with Crippen molar-refractivity contribution in [1.29, 1.82) is 0 Å². The van der Waals surface area contributed by atoms with E-state index >= 15 is 0 Å². The Morgan fingerprint density at radius 3 is 3.00 bits per heavy atom. The Hall–Kier alpha value is -1.75. The number of benzene rings is 1. The predicted molar refractivity (Wildman–Crippen MR) is 72.9 cm³/mol. The van der Waals surface area contributed by atoms with E-state index < -0.39 is 0 Å². The number of hydrogen-bond donors (Lipinski definition) is 2. The summed E-state index contributed by atoms with van der Waals surface area (Å²) >= 11 is 0. The first kappa shape index (κ1) is 13.7. The van der Waals surface area contributed by atoms with Gasteiger partial charge in [0, 0.05) is 6.61 Å². The number of carbonyl (C=O) groups excluding carboxylic acids is 1. The maximum atomic E-state index is 11.7. The molecule has 1 saturated heterocycles. The normalized spacial score (nSPS) is 22.2. The molecule has 2 rings (SSSR count). The topological polar surface area (TPSA) is 73.6 Å². The van der Waals surface area contributed by atoms with Gasteiger partial charge in [0.1, 0.15) is 5.75 Å². The van der Waals surface area contributed by atoms with Gasteiger partial charge in [-0.3, -0.25) is 4.79 Å². The minimum Gasteiger partial charge on any atom is -0.491 e. The van der Waals surface area contributed by atoms with Crippen LogP contribution in [0.25, 0.3) is 0 Å². The highest BCUT2D eigenvalue weighted by molar-refractivity contribution is 5.76. The van der Waals surface area contributed by atoms with E-state index in [0.717, 1.165) is 6.42 Å². The van der Waals surface area contributed by atoms with Crippen molar-refractivity contribution in [2.75, 3.05) is 18.9 Å². The summed E-state index contributed by atoms with van der Waals surface area (Å²) in [6.07, 6.45) is 1.28. The number of anilines is 1. The van der Waals surface area contributed by atoms with E-state index in [1.54, 1.807) is 12.1 Å². The third kappa shape index (κ3) is 3.86. The third-order valence-electron chi connectivity index (χ3n) is 3.23. The number of nitrogens with one attached hydrogen (secondary N) is 1. The first-order valence-corrected chi connectivity index (χ1v) is 6.55. The molecule has 0 aliphatic carbocycles. The summed E-state index contributed by atoms with van der Waals surface area (Å²) in [5, 5.41) is 2.95. The number of nitrogens with two attached hydrogens (primary N) is 1. The van der Waals surface area contributed by atoms with Crippen LogP contribution in [0.5, 0.6) is 5.75 Å². The lowest BCUT2D eigenvalue weighted by atomic mass is 10.1. The molecule has 5 heteroatoms. The van der Waals surface area contributed by atoms with Crippen molar-refractivity contribution >= 4 is 11.6 Å². The van der Waals surface area contributed by atoms with Crippen molar-refractivity contribution in [3.63, 3.8) is 0 Å². The molecule has 0 saturated carbocycles. The van der Waals surface area contributed by atoms with E-state index in [4.69, 9.17) is 15.2 Å². The Morgan fingerprint density at radius 2 is 2.32 bits per heavy atom. The highest BCUT2D eigenvalue weighted by Gasteiger charge is 2.25. The van der Waals surface area contributed by atoms with Crippen molar-refractivity contribution in [2.24, 2.45) is 0 Å². The van der Waals surface area contributed by atoms with Crippen LogP contribution in [0.15, 0.2) is 24.3 Å². The smallest absolute Gasteiger partial charge is 0.223 e. The fourth-order valence-electron chi connectivity index (χ4n) is 2.07. The number of para-hydroxylation sites is 2. The Kier molecular flexibility index (Phi) is 4.63. The second-order valence-electron chi connectivity index (χ2n) is 4.67. The van der Waals surface area contributed by atoms with Crippen LogP contribution in [-0.2, 0) is 9.53 Å². The number of rotatable bonds is 5. The van der Waals surface area contributed by atoms with Gasteiger partial charge in [0.25, 0.3) is 0 Å². The SMILES string of the molecule is CC1OCCC1NC(=O)CCOc1ccccc1N. The largest absolute Gasteiger partial charge is 0.491 e. The second-order valence-corrected chi connectivity index (χ2v) is 4.67. The molecule has 0 spiro atoms. The van der Waals surface area contributed by atoms with Crippen molar-refractivity contribution in [2.45, 2.75) is 31.9 Å². The van der Waals surface area contributed by atoms with Crippen LogP contribution in [0, 0.1) is 0 Å². The molecule has 1 heterocycles. The summed E-state index contributed by atoms with van der Waals surface area (Å²) in [5.41, 5.74) is 6.33. The second kappa shape index (κ2) is 6.43. The molecule has 1 aromatic carbocycles. The monoisotopic (exact) mass is 264 g/mol. The molecule has 19 heavy (non-hydrogen) atoms. The number of amides is 1. The molecule has 5 nitrogen and oxygen atoms in total. The first-order chi connectivity index (χ1) is 9.16. The van der Waals surface area contributed by atoms with Gasteiger partial charge in [-0.05, 0) is 25.5 Å². The maximum Gasteiger partial charge on any atom is 0.223 e. The van der Waals surface area contributed by atoms with Crippen LogP contribution < -0.4 is 15.8 Å². The van der Waals surface area contributed by atoms with Gasteiger partial charge in [-0.1, -0.05) is 12.1 Å². The molecule has 104 valence electrons. The van der Waals surface area contributed by atoms with Crippen LogP contribution in [0.3, 0.4) is 0 Å². The lowest BCUT2D eigenvalue weighted by Crippen LogP contribution is -2.39. The van der Waals surface area contributed by atoms with Crippen LogP contribution in [-0.4, -0.2) is 31.3 Å².